The molecule has 4 nitrogen and oxygen atoms in total. The summed E-state index contributed by atoms with van der Waals surface area (Å²) in [5.74, 6) is -0.664. The second-order valence-corrected chi connectivity index (χ2v) is 7.53. The third kappa shape index (κ3) is 3.02. The van der Waals surface area contributed by atoms with Crippen molar-refractivity contribution in [3.63, 3.8) is 0 Å². The fourth-order valence-electron chi connectivity index (χ4n) is 2.72. The first-order valence-electron chi connectivity index (χ1n) is 7.51. The van der Waals surface area contributed by atoms with Gasteiger partial charge in [0.1, 0.15) is 16.5 Å². The average molecular weight is 372 g/mol. The van der Waals surface area contributed by atoms with Gasteiger partial charge in [0, 0.05) is 29.7 Å². The van der Waals surface area contributed by atoms with Gasteiger partial charge in [-0.25, -0.2) is 8.78 Å². The first-order valence-corrected chi connectivity index (χ1v) is 8.94. The zero-order valence-electron chi connectivity index (χ0n) is 13.2. The summed E-state index contributed by atoms with van der Waals surface area (Å²) in [5.41, 5.74) is -0.219. The Morgan fingerprint density at radius 2 is 2.04 bits per heavy atom. The Labute approximate surface area is 147 Å². The molecule has 1 saturated heterocycles. The Kier molecular flexibility index (Phi) is 4.83. The van der Waals surface area contributed by atoms with E-state index in [1.807, 2.05) is 16.7 Å². The lowest BCUT2D eigenvalue weighted by Crippen LogP contribution is -2.45. The molecule has 3 rings (SSSR count). The van der Waals surface area contributed by atoms with Gasteiger partial charge in [0.25, 0.3) is 5.56 Å². The number of halogens is 3. The lowest BCUT2D eigenvalue weighted by molar-refractivity contribution is 0.570. The minimum atomic E-state index is -0.871. The summed E-state index contributed by atoms with van der Waals surface area (Å²) in [5, 5.41) is 4.42. The molecule has 8 heteroatoms. The van der Waals surface area contributed by atoms with Crippen LogP contribution in [0.2, 0.25) is 5.02 Å². The molecular formula is C16H16ClF2N3OS. The van der Waals surface area contributed by atoms with E-state index in [1.165, 1.54) is 6.20 Å². The van der Waals surface area contributed by atoms with Crippen molar-refractivity contribution in [2.75, 3.05) is 17.2 Å². The number of benzene rings is 1. The molecule has 0 amide bonds. The van der Waals surface area contributed by atoms with Crippen molar-refractivity contribution in [2.45, 2.75) is 25.1 Å². The van der Waals surface area contributed by atoms with E-state index >= 15 is 0 Å². The van der Waals surface area contributed by atoms with Crippen LogP contribution in [0.4, 0.5) is 14.5 Å². The van der Waals surface area contributed by atoms with Gasteiger partial charge in [-0.2, -0.15) is 21.5 Å². The molecule has 0 N–H and O–H groups in total. The maximum atomic E-state index is 13.9. The van der Waals surface area contributed by atoms with E-state index in [0.717, 1.165) is 29.1 Å². The van der Waals surface area contributed by atoms with Gasteiger partial charge in [-0.05, 0) is 19.1 Å². The number of anilines is 1. The molecular weight excluding hydrogens is 356 g/mol. The smallest absolute Gasteiger partial charge is 0.292 e. The lowest BCUT2D eigenvalue weighted by atomic mass is 10.2. The van der Waals surface area contributed by atoms with E-state index in [-0.39, 0.29) is 16.8 Å². The highest BCUT2D eigenvalue weighted by Crippen LogP contribution is 2.31. The third-order valence-electron chi connectivity index (χ3n) is 4.23. The van der Waals surface area contributed by atoms with E-state index in [0.29, 0.717) is 17.0 Å². The van der Waals surface area contributed by atoms with E-state index < -0.39 is 17.2 Å². The van der Waals surface area contributed by atoms with Crippen LogP contribution in [-0.2, 0) is 0 Å². The fraction of sp³-hybridized carbons (Fsp3) is 0.375. The fourth-order valence-corrected chi connectivity index (χ4v) is 4.06. The third-order valence-corrected chi connectivity index (χ3v) is 5.92. The van der Waals surface area contributed by atoms with E-state index in [4.69, 9.17) is 11.6 Å². The van der Waals surface area contributed by atoms with Crippen molar-refractivity contribution in [1.82, 2.24) is 9.78 Å². The molecule has 0 saturated carbocycles. The van der Waals surface area contributed by atoms with Crippen LogP contribution < -0.4 is 10.5 Å². The summed E-state index contributed by atoms with van der Waals surface area (Å²) in [4.78, 5) is 14.6. The van der Waals surface area contributed by atoms with Crippen molar-refractivity contribution in [2.24, 2.45) is 0 Å². The van der Waals surface area contributed by atoms with Crippen LogP contribution in [0.1, 0.15) is 13.8 Å². The second kappa shape index (κ2) is 6.72. The minimum absolute atomic E-state index is 0.0142. The van der Waals surface area contributed by atoms with Gasteiger partial charge in [-0.15, -0.1) is 0 Å². The van der Waals surface area contributed by atoms with Gasteiger partial charge < -0.3 is 4.90 Å². The molecule has 2 aromatic rings. The van der Waals surface area contributed by atoms with Crippen LogP contribution in [0.3, 0.4) is 0 Å². The number of rotatable bonds is 2. The molecule has 0 radical (unpaired) electrons. The monoisotopic (exact) mass is 371 g/mol. The largest absolute Gasteiger partial charge is 0.364 e. The van der Waals surface area contributed by atoms with E-state index in [1.54, 1.807) is 0 Å². The number of nitrogens with zero attached hydrogens (tertiary/aromatic N) is 3. The summed E-state index contributed by atoms with van der Waals surface area (Å²) >= 11 is 8.12. The molecule has 0 spiro atoms. The summed E-state index contributed by atoms with van der Waals surface area (Å²) in [7, 11) is 0. The Morgan fingerprint density at radius 3 is 2.75 bits per heavy atom. The van der Waals surface area contributed by atoms with Crippen LogP contribution in [0, 0.1) is 11.6 Å². The normalized spacial score (nSPS) is 21.1. The molecule has 2 atom stereocenters. The zero-order chi connectivity index (χ0) is 17.4. The molecule has 1 aromatic heterocycles. The summed E-state index contributed by atoms with van der Waals surface area (Å²) in [6.07, 6.45) is 1.46. The molecule has 24 heavy (non-hydrogen) atoms. The number of hydrogen-bond acceptors (Lipinski definition) is 4. The van der Waals surface area contributed by atoms with Crippen molar-refractivity contribution < 1.29 is 8.78 Å². The SMILES string of the molecule is CC1SCCN(c2cnn(-c3ccc(F)cc3F)c(=O)c2Cl)C1C. The molecule has 0 bridgehead atoms. The highest BCUT2D eigenvalue weighted by Gasteiger charge is 2.28. The molecule has 1 aliphatic heterocycles. The van der Waals surface area contributed by atoms with Crippen LogP contribution in [0.25, 0.3) is 5.69 Å². The molecule has 2 unspecified atom stereocenters. The van der Waals surface area contributed by atoms with Crippen LogP contribution in [0.15, 0.2) is 29.2 Å². The van der Waals surface area contributed by atoms with Gasteiger partial charge in [-0.3, -0.25) is 4.79 Å². The average Bonchev–Trinajstić information content (AvgIpc) is 2.54. The van der Waals surface area contributed by atoms with Gasteiger partial charge in [-0.1, -0.05) is 18.5 Å². The molecule has 128 valence electrons. The molecule has 0 aliphatic carbocycles. The maximum Gasteiger partial charge on any atom is 0.292 e. The quantitative estimate of drug-likeness (QED) is 0.810. The highest BCUT2D eigenvalue weighted by molar-refractivity contribution is 8.00. The number of hydrogen-bond donors (Lipinski definition) is 0. The number of aromatic nitrogens is 2. The first-order chi connectivity index (χ1) is 11.4. The predicted molar refractivity (Wildman–Crippen MR) is 93.5 cm³/mol. The Bertz CT molecular complexity index is 829. The molecule has 1 aromatic carbocycles. The minimum Gasteiger partial charge on any atom is -0.364 e. The lowest BCUT2D eigenvalue weighted by Gasteiger charge is -2.39. The predicted octanol–water partition coefficient (Wildman–Crippen LogP) is 3.49. The van der Waals surface area contributed by atoms with Crippen LogP contribution in [0.5, 0.6) is 0 Å². The van der Waals surface area contributed by atoms with Gasteiger partial charge >= 0.3 is 0 Å². The molecule has 2 heterocycles. The van der Waals surface area contributed by atoms with Crippen LogP contribution >= 0.6 is 23.4 Å². The maximum absolute atomic E-state index is 13.9. The summed E-state index contributed by atoms with van der Waals surface area (Å²) in [6.45, 7) is 4.95. The van der Waals surface area contributed by atoms with Crippen molar-refractivity contribution in [1.29, 1.82) is 0 Å². The van der Waals surface area contributed by atoms with Crippen molar-refractivity contribution >= 4 is 29.1 Å². The topological polar surface area (TPSA) is 38.1 Å². The molecule has 1 fully saturated rings. The Hall–Kier alpha value is -1.60. The zero-order valence-corrected chi connectivity index (χ0v) is 14.7. The van der Waals surface area contributed by atoms with Crippen molar-refractivity contribution in [3.8, 4) is 5.69 Å². The van der Waals surface area contributed by atoms with Crippen LogP contribution in [-0.4, -0.2) is 33.4 Å². The van der Waals surface area contributed by atoms with Gasteiger partial charge in [0.2, 0.25) is 0 Å². The summed E-state index contributed by atoms with van der Waals surface area (Å²) < 4.78 is 27.8. The standard InChI is InChI=1S/C16H16ClF2N3OS/c1-9-10(2)24-6-5-21(9)14-8-20-22(16(23)15(14)17)13-4-3-11(18)7-12(13)19/h3-4,7-10H,5-6H2,1-2H3. The second-order valence-electron chi connectivity index (χ2n) is 5.67. The van der Waals surface area contributed by atoms with E-state index in [9.17, 15) is 13.6 Å². The Morgan fingerprint density at radius 1 is 1.29 bits per heavy atom. The van der Waals surface area contributed by atoms with Gasteiger partial charge in [0.05, 0.1) is 11.9 Å². The summed E-state index contributed by atoms with van der Waals surface area (Å²) in [6, 6.07) is 3.13. The first kappa shape index (κ1) is 17.2. The van der Waals surface area contributed by atoms with E-state index in [2.05, 4.69) is 18.9 Å². The van der Waals surface area contributed by atoms with Gasteiger partial charge in [0.15, 0.2) is 5.82 Å². The Balaban J connectivity index is 2.05. The molecule has 1 aliphatic rings. The number of thioether (sulfide) groups is 1. The van der Waals surface area contributed by atoms with Crippen molar-refractivity contribution in [3.05, 3.63) is 51.4 Å². The highest BCUT2D eigenvalue weighted by atomic mass is 35.5.